The van der Waals surface area contributed by atoms with Gasteiger partial charge in [0, 0.05) is 22.6 Å². The normalized spacial score (nSPS) is 21.4. The molecule has 1 unspecified atom stereocenters. The maximum atomic E-state index is 6.35. The van der Waals surface area contributed by atoms with Crippen LogP contribution in [0.2, 0.25) is 10.0 Å². The lowest BCUT2D eigenvalue weighted by Crippen LogP contribution is -2.35. The summed E-state index contributed by atoms with van der Waals surface area (Å²) < 4.78 is 0. The number of nitrogens with zero attached hydrogens (tertiary/aromatic N) is 1. The molecular weight excluding hydrogens is 291 g/mol. The number of likely N-dealkylation sites (tertiary alicyclic amines) is 1. The van der Waals surface area contributed by atoms with Gasteiger partial charge in [0.15, 0.2) is 0 Å². The fourth-order valence-electron chi connectivity index (χ4n) is 3.00. The van der Waals surface area contributed by atoms with Crippen molar-refractivity contribution in [1.82, 2.24) is 4.90 Å². The van der Waals surface area contributed by atoms with Gasteiger partial charge in [0.1, 0.15) is 0 Å². The summed E-state index contributed by atoms with van der Waals surface area (Å²) in [7, 11) is 0. The molecule has 0 saturated carbocycles. The van der Waals surface area contributed by atoms with E-state index in [2.05, 4.69) is 18.7 Å². The average molecular weight is 315 g/mol. The largest absolute Gasteiger partial charge is 0.329 e. The number of nitrogens with two attached hydrogens (primary N) is 1. The molecule has 0 radical (unpaired) electrons. The van der Waals surface area contributed by atoms with E-state index in [9.17, 15) is 0 Å². The average Bonchev–Trinajstić information content (AvgIpc) is 2.54. The van der Waals surface area contributed by atoms with E-state index < -0.39 is 0 Å². The molecule has 1 saturated heterocycles. The Bertz CT molecular complexity index is 460. The molecule has 4 heteroatoms. The lowest BCUT2D eigenvalue weighted by molar-refractivity contribution is 0.200. The quantitative estimate of drug-likeness (QED) is 0.889. The van der Waals surface area contributed by atoms with E-state index in [1.807, 2.05) is 18.2 Å². The molecule has 1 aliphatic heterocycles. The molecule has 2 N–H and O–H groups in total. The number of benzene rings is 1. The molecule has 0 aromatic heterocycles. The van der Waals surface area contributed by atoms with E-state index in [1.54, 1.807) is 0 Å². The van der Waals surface area contributed by atoms with E-state index in [1.165, 1.54) is 19.3 Å². The number of hydrogen-bond acceptors (Lipinski definition) is 2. The van der Waals surface area contributed by atoms with Crippen LogP contribution in [0.3, 0.4) is 0 Å². The van der Waals surface area contributed by atoms with Crippen LogP contribution in [0.15, 0.2) is 18.2 Å². The van der Waals surface area contributed by atoms with Gasteiger partial charge >= 0.3 is 0 Å². The van der Waals surface area contributed by atoms with Crippen LogP contribution in [0.25, 0.3) is 0 Å². The summed E-state index contributed by atoms with van der Waals surface area (Å²) in [6.45, 7) is 7.45. The van der Waals surface area contributed by atoms with Crippen molar-refractivity contribution in [3.63, 3.8) is 0 Å². The summed E-state index contributed by atoms with van der Waals surface area (Å²) in [5.74, 6) is 0. The molecule has 1 atom stereocenters. The van der Waals surface area contributed by atoms with Gasteiger partial charge in [-0.25, -0.2) is 0 Å². The second-order valence-corrected chi connectivity index (χ2v) is 7.31. The lowest BCUT2D eigenvalue weighted by atomic mass is 9.85. The Balaban J connectivity index is 2.19. The first-order valence-electron chi connectivity index (χ1n) is 7.32. The van der Waals surface area contributed by atoms with Crippen LogP contribution in [0.5, 0.6) is 0 Å². The van der Waals surface area contributed by atoms with Crippen molar-refractivity contribution in [2.75, 3.05) is 19.6 Å². The minimum Gasteiger partial charge on any atom is -0.329 e. The van der Waals surface area contributed by atoms with Crippen molar-refractivity contribution in [1.29, 1.82) is 0 Å². The van der Waals surface area contributed by atoms with Gasteiger partial charge in [-0.2, -0.15) is 0 Å². The third kappa shape index (κ3) is 3.88. The molecule has 0 aliphatic carbocycles. The van der Waals surface area contributed by atoms with E-state index >= 15 is 0 Å². The monoisotopic (exact) mass is 314 g/mol. The predicted molar refractivity (Wildman–Crippen MR) is 87.5 cm³/mol. The second kappa shape index (κ2) is 6.65. The molecule has 1 aromatic rings. The smallest absolute Gasteiger partial charge is 0.0485 e. The number of hydrogen-bond donors (Lipinski definition) is 1. The zero-order valence-electron chi connectivity index (χ0n) is 12.3. The molecule has 0 amide bonds. The van der Waals surface area contributed by atoms with Gasteiger partial charge in [0.25, 0.3) is 0 Å². The first-order chi connectivity index (χ1) is 9.43. The molecule has 0 bridgehead atoms. The standard InChI is InChI=1S/C16H24Cl2N2/c1-16(2)6-3-8-20(9-7-16)15(11-19)13-5-4-12(17)10-14(13)18/h4-5,10,15H,3,6-9,11,19H2,1-2H3. The molecule has 1 heterocycles. The van der Waals surface area contributed by atoms with E-state index in [0.29, 0.717) is 17.0 Å². The van der Waals surface area contributed by atoms with Crippen molar-refractivity contribution in [3.05, 3.63) is 33.8 Å². The van der Waals surface area contributed by atoms with E-state index in [0.717, 1.165) is 23.7 Å². The zero-order chi connectivity index (χ0) is 14.8. The summed E-state index contributed by atoms with van der Waals surface area (Å²) in [4.78, 5) is 2.48. The van der Waals surface area contributed by atoms with Crippen molar-refractivity contribution in [2.24, 2.45) is 11.1 Å². The topological polar surface area (TPSA) is 29.3 Å². The van der Waals surface area contributed by atoms with Crippen molar-refractivity contribution in [2.45, 2.75) is 39.2 Å². The van der Waals surface area contributed by atoms with Crippen molar-refractivity contribution < 1.29 is 0 Å². The van der Waals surface area contributed by atoms with Gasteiger partial charge in [-0.15, -0.1) is 0 Å². The van der Waals surface area contributed by atoms with Crippen molar-refractivity contribution >= 4 is 23.2 Å². The first kappa shape index (κ1) is 16.1. The first-order valence-corrected chi connectivity index (χ1v) is 8.07. The van der Waals surface area contributed by atoms with Gasteiger partial charge < -0.3 is 5.73 Å². The van der Waals surface area contributed by atoms with Crippen LogP contribution in [-0.4, -0.2) is 24.5 Å². The van der Waals surface area contributed by atoms with E-state index in [4.69, 9.17) is 28.9 Å². The Labute approximate surface area is 132 Å². The van der Waals surface area contributed by atoms with Gasteiger partial charge in [0.2, 0.25) is 0 Å². The molecule has 2 rings (SSSR count). The SMILES string of the molecule is CC1(C)CCCN(C(CN)c2ccc(Cl)cc2Cl)CC1. The Morgan fingerprint density at radius 1 is 1.25 bits per heavy atom. The van der Waals surface area contributed by atoms with Gasteiger partial charge in [0.05, 0.1) is 0 Å². The molecular formula is C16H24Cl2N2. The summed E-state index contributed by atoms with van der Waals surface area (Å²) in [5.41, 5.74) is 7.55. The van der Waals surface area contributed by atoms with E-state index in [-0.39, 0.29) is 6.04 Å². The van der Waals surface area contributed by atoms with Gasteiger partial charge in [-0.3, -0.25) is 4.90 Å². The maximum absolute atomic E-state index is 6.35. The maximum Gasteiger partial charge on any atom is 0.0485 e. The molecule has 2 nitrogen and oxygen atoms in total. The zero-order valence-corrected chi connectivity index (χ0v) is 13.8. The number of halogens is 2. The lowest BCUT2D eigenvalue weighted by Gasteiger charge is -2.31. The Morgan fingerprint density at radius 3 is 2.65 bits per heavy atom. The number of rotatable bonds is 3. The van der Waals surface area contributed by atoms with Crippen LogP contribution in [0, 0.1) is 5.41 Å². The van der Waals surface area contributed by atoms with Crippen LogP contribution >= 0.6 is 23.2 Å². The van der Waals surface area contributed by atoms with Gasteiger partial charge in [-0.1, -0.05) is 43.1 Å². The molecule has 0 spiro atoms. The Morgan fingerprint density at radius 2 is 2.00 bits per heavy atom. The molecule has 1 aliphatic rings. The Kier molecular flexibility index (Phi) is 5.36. The van der Waals surface area contributed by atoms with Crippen LogP contribution in [0.4, 0.5) is 0 Å². The summed E-state index contributed by atoms with van der Waals surface area (Å²) in [5, 5.41) is 1.39. The summed E-state index contributed by atoms with van der Waals surface area (Å²) in [6, 6.07) is 5.91. The fourth-order valence-corrected chi connectivity index (χ4v) is 3.53. The van der Waals surface area contributed by atoms with Crippen LogP contribution in [0.1, 0.15) is 44.7 Å². The third-order valence-corrected chi connectivity index (χ3v) is 4.92. The second-order valence-electron chi connectivity index (χ2n) is 6.47. The third-order valence-electron chi connectivity index (χ3n) is 4.36. The van der Waals surface area contributed by atoms with Gasteiger partial charge in [-0.05, 0) is 55.5 Å². The highest BCUT2D eigenvalue weighted by Crippen LogP contribution is 2.35. The Hall–Kier alpha value is -0.280. The minimum absolute atomic E-state index is 0.189. The molecule has 20 heavy (non-hydrogen) atoms. The van der Waals surface area contributed by atoms with Crippen LogP contribution < -0.4 is 5.73 Å². The molecule has 1 fully saturated rings. The fraction of sp³-hybridized carbons (Fsp3) is 0.625. The van der Waals surface area contributed by atoms with Crippen LogP contribution in [-0.2, 0) is 0 Å². The van der Waals surface area contributed by atoms with Crippen molar-refractivity contribution in [3.8, 4) is 0 Å². The minimum atomic E-state index is 0.189. The highest BCUT2D eigenvalue weighted by molar-refractivity contribution is 6.35. The summed E-state index contributed by atoms with van der Waals surface area (Å²) in [6.07, 6.45) is 3.69. The highest BCUT2D eigenvalue weighted by Gasteiger charge is 2.28. The summed E-state index contributed by atoms with van der Waals surface area (Å²) >= 11 is 12.3. The molecule has 1 aromatic carbocycles. The highest BCUT2D eigenvalue weighted by atomic mass is 35.5. The molecule has 112 valence electrons. The predicted octanol–water partition coefficient (Wildman–Crippen LogP) is 4.51.